The zero-order chi connectivity index (χ0) is 25.3. The van der Waals surface area contributed by atoms with E-state index in [0.29, 0.717) is 48.7 Å². The average Bonchev–Trinajstić information content (AvgIpc) is 2.91. The first-order chi connectivity index (χ1) is 17.4. The Hall–Kier alpha value is -3.27. The van der Waals surface area contributed by atoms with E-state index >= 15 is 0 Å². The molecule has 5 rings (SSSR count). The van der Waals surface area contributed by atoms with Gasteiger partial charge in [0, 0.05) is 34.3 Å². The summed E-state index contributed by atoms with van der Waals surface area (Å²) >= 11 is 3.35. The fourth-order valence-electron chi connectivity index (χ4n) is 4.45. The molecule has 2 aliphatic rings. The first-order valence-electron chi connectivity index (χ1n) is 11.5. The average molecular weight is 567 g/mol. The topological polar surface area (TPSA) is 84.0 Å². The van der Waals surface area contributed by atoms with Gasteiger partial charge in [-0.2, -0.15) is 0 Å². The number of rotatable bonds is 6. The zero-order valence-corrected chi connectivity index (χ0v) is 21.7. The number of allylic oxidation sites excluding steroid dienone is 1. The minimum absolute atomic E-state index is 0.0211. The minimum Gasteiger partial charge on any atom is -0.378 e. The third kappa shape index (κ3) is 4.50. The number of ether oxygens (including phenoxy) is 1. The highest BCUT2D eigenvalue weighted by Crippen LogP contribution is 2.40. The van der Waals surface area contributed by atoms with Crippen LogP contribution < -0.4 is 0 Å². The monoisotopic (exact) mass is 566 g/mol. The molecule has 1 fully saturated rings. The van der Waals surface area contributed by atoms with Gasteiger partial charge in [-0.3, -0.25) is 13.9 Å². The van der Waals surface area contributed by atoms with Crippen molar-refractivity contribution in [1.29, 1.82) is 0 Å². The summed E-state index contributed by atoms with van der Waals surface area (Å²) in [4.78, 5) is 29.4. The molecule has 0 aliphatic carbocycles. The fourth-order valence-corrected chi connectivity index (χ4v) is 6.34. The van der Waals surface area contributed by atoms with Crippen LogP contribution in [0.4, 0.5) is 0 Å². The Kier molecular flexibility index (Phi) is 6.79. The van der Waals surface area contributed by atoms with Gasteiger partial charge in [0.15, 0.2) is 5.78 Å². The van der Waals surface area contributed by atoms with E-state index in [4.69, 9.17) is 4.74 Å². The molecule has 2 heterocycles. The number of carbonyl (C=O) groups excluding carboxylic acids is 2. The van der Waals surface area contributed by atoms with Crippen molar-refractivity contribution in [2.45, 2.75) is 4.90 Å². The molecule has 36 heavy (non-hydrogen) atoms. The molecule has 2 aliphatic heterocycles. The lowest BCUT2D eigenvalue weighted by Crippen LogP contribution is -2.45. The van der Waals surface area contributed by atoms with Gasteiger partial charge in [-0.05, 0) is 18.2 Å². The Balaban J connectivity index is 1.72. The quantitative estimate of drug-likeness (QED) is 0.415. The highest BCUT2D eigenvalue weighted by molar-refractivity contribution is 9.10. The molecule has 3 aromatic carbocycles. The highest BCUT2D eigenvalue weighted by atomic mass is 79.9. The van der Waals surface area contributed by atoms with Crippen LogP contribution >= 0.6 is 15.9 Å². The predicted octanol–water partition coefficient (Wildman–Crippen LogP) is 4.22. The van der Waals surface area contributed by atoms with Crippen LogP contribution in [-0.4, -0.2) is 62.0 Å². The lowest BCUT2D eigenvalue weighted by atomic mass is 10.0. The number of hydrogen-bond acceptors (Lipinski definition) is 6. The maximum atomic E-state index is 14.0. The molecule has 0 aromatic heterocycles. The molecule has 0 radical (unpaired) electrons. The van der Waals surface area contributed by atoms with Gasteiger partial charge in [-0.25, -0.2) is 8.42 Å². The summed E-state index contributed by atoms with van der Waals surface area (Å²) in [5.74, 6) is -0.871. The summed E-state index contributed by atoms with van der Waals surface area (Å²) < 4.78 is 35.2. The van der Waals surface area contributed by atoms with E-state index in [2.05, 4.69) is 15.9 Å². The van der Waals surface area contributed by atoms with Crippen molar-refractivity contribution < 1.29 is 22.7 Å². The number of morpholine rings is 1. The van der Waals surface area contributed by atoms with Crippen molar-refractivity contribution in [3.63, 3.8) is 0 Å². The Bertz CT molecular complexity index is 1450. The van der Waals surface area contributed by atoms with E-state index in [1.807, 2.05) is 4.90 Å². The molecule has 184 valence electrons. The van der Waals surface area contributed by atoms with Crippen LogP contribution in [0.15, 0.2) is 93.9 Å². The van der Waals surface area contributed by atoms with Gasteiger partial charge in [0.1, 0.15) is 5.70 Å². The number of halogens is 1. The summed E-state index contributed by atoms with van der Waals surface area (Å²) in [6, 6.07) is 21.9. The smallest absolute Gasteiger partial charge is 0.265 e. The van der Waals surface area contributed by atoms with E-state index in [1.165, 1.54) is 6.07 Å². The number of carbonyl (C=O) groups is 2. The summed E-state index contributed by atoms with van der Waals surface area (Å²) in [5, 5.41) is 0. The maximum Gasteiger partial charge on any atom is 0.265 e. The largest absolute Gasteiger partial charge is 0.378 e. The van der Waals surface area contributed by atoms with Crippen molar-refractivity contribution in [3.05, 3.63) is 106 Å². The van der Waals surface area contributed by atoms with E-state index in [-0.39, 0.29) is 10.6 Å². The highest BCUT2D eigenvalue weighted by Gasteiger charge is 2.42. The SMILES string of the molecule is O=C(CN1C(C(=O)c2ccccc2)=C(N2CCOCC2)c2ccccc2S1(=O)=O)c1ccc(Br)cc1. The molecular formula is C27H23BrN2O5S. The normalized spacial score (nSPS) is 17.0. The number of Topliss-reactive ketones (excluding diaryl/α,β-unsaturated/α-hetero) is 2. The van der Waals surface area contributed by atoms with E-state index in [1.54, 1.807) is 72.8 Å². The van der Waals surface area contributed by atoms with Crippen molar-refractivity contribution in [3.8, 4) is 0 Å². The van der Waals surface area contributed by atoms with Gasteiger partial charge >= 0.3 is 0 Å². The number of sulfonamides is 1. The second-order valence-electron chi connectivity index (χ2n) is 8.43. The summed E-state index contributed by atoms with van der Waals surface area (Å²) in [6.45, 7) is 1.37. The first-order valence-corrected chi connectivity index (χ1v) is 13.7. The van der Waals surface area contributed by atoms with Crippen LogP contribution in [0.5, 0.6) is 0 Å². The van der Waals surface area contributed by atoms with E-state index < -0.39 is 28.1 Å². The first kappa shape index (κ1) is 24.4. The molecule has 9 heteroatoms. The van der Waals surface area contributed by atoms with Crippen LogP contribution in [0.1, 0.15) is 26.3 Å². The van der Waals surface area contributed by atoms with E-state index in [9.17, 15) is 18.0 Å². The Morgan fingerprint density at radius 1 is 0.833 bits per heavy atom. The Labute approximate surface area is 218 Å². The number of ketones is 2. The number of benzene rings is 3. The van der Waals surface area contributed by atoms with Crippen LogP contribution in [-0.2, 0) is 14.8 Å². The van der Waals surface area contributed by atoms with Gasteiger partial charge in [0.2, 0.25) is 5.78 Å². The summed E-state index contributed by atoms with van der Waals surface area (Å²) in [5.41, 5.74) is 1.63. The second-order valence-corrected chi connectivity index (χ2v) is 11.2. The van der Waals surface area contributed by atoms with Gasteiger partial charge in [0.05, 0.1) is 30.4 Å². The van der Waals surface area contributed by atoms with Crippen LogP contribution in [0.25, 0.3) is 5.70 Å². The van der Waals surface area contributed by atoms with Gasteiger partial charge in [0.25, 0.3) is 10.0 Å². The molecular weight excluding hydrogens is 544 g/mol. The molecule has 7 nitrogen and oxygen atoms in total. The van der Waals surface area contributed by atoms with Crippen molar-refractivity contribution in [2.75, 3.05) is 32.8 Å². The molecule has 3 aromatic rings. The molecule has 0 bridgehead atoms. The molecule has 0 spiro atoms. The molecule has 1 saturated heterocycles. The minimum atomic E-state index is -4.20. The summed E-state index contributed by atoms with van der Waals surface area (Å²) in [6.07, 6.45) is 0. The second kappa shape index (κ2) is 10.0. The third-order valence-electron chi connectivity index (χ3n) is 6.22. The molecule has 0 saturated carbocycles. The van der Waals surface area contributed by atoms with Gasteiger partial charge < -0.3 is 9.64 Å². The van der Waals surface area contributed by atoms with Crippen LogP contribution in [0.3, 0.4) is 0 Å². The van der Waals surface area contributed by atoms with Crippen molar-refractivity contribution >= 4 is 43.2 Å². The van der Waals surface area contributed by atoms with Crippen molar-refractivity contribution in [1.82, 2.24) is 9.21 Å². The Morgan fingerprint density at radius 3 is 2.17 bits per heavy atom. The molecule has 0 unspecified atom stereocenters. The molecule has 0 N–H and O–H groups in total. The predicted molar refractivity (Wildman–Crippen MR) is 139 cm³/mol. The zero-order valence-electron chi connectivity index (χ0n) is 19.3. The molecule has 0 amide bonds. The summed E-state index contributed by atoms with van der Waals surface area (Å²) in [7, 11) is -4.20. The van der Waals surface area contributed by atoms with Crippen LogP contribution in [0.2, 0.25) is 0 Å². The molecule has 0 atom stereocenters. The number of fused-ring (bicyclic) bond motifs is 1. The van der Waals surface area contributed by atoms with Crippen LogP contribution in [0, 0.1) is 0 Å². The third-order valence-corrected chi connectivity index (χ3v) is 8.55. The standard InChI is InChI=1S/C27H23BrN2O5S/c28-21-12-10-19(11-13-21)23(31)18-30-26(27(32)20-6-2-1-3-7-20)25(29-14-16-35-17-15-29)22-8-4-5-9-24(22)36(30,33)34/h1-13H,14-18H2. The maximum absolute atomic E-state index is 14.0. The van der Waals surface area contributed by atoms with Gasteiger partial charge in [-0.15, -0.1) is 0 Å². The lowest BCUT2D eigenvalue weighted by Gasteiger charge is -2.39. The fraction of sp³-hybridized carbons (Fsp3) is 0.185. The van der Waals surface area contributed by atoms with Crippen molar-refractivity contribution in [2.24, 2.45) is 0 Å². The lowest BCUT2D eigenvalue weighted by molar-refractivity contribution is 0.0627. The Morgan fingerprint density at radius 2 is 1.47 bits per heavy atom. The number of nitrogens with zero attached hydrogens (tertiary/aromatic N) is 2. The van der Waals surface area contributed by atoms with E-state index in [0.717, 1.165) is 8.78 Å². The van der Waals surface area contributed by atoms with Gasteiger partial charge in [-0.1, -0.05) is 76.6 Å². The number of hydrogen-bond donors (Lipinski definition) is 0.